The molecule has 0 saturated carbocycles. The lowest BCUT2D eigenvalue weighted by molar-refractivity contribution is 0.505. The molecule has 134 valence electrons. The van der Waals surface area contributed by atoms with Crippen LogP contribution in [0.3, 0.4) is 0 Å². The van der Waals surface area contributed by atoms with Gasteiger partial charge in [-0.15, -0.1) is 0 Å². The molecule has 2 aromatic carbocycles. The summed E-state index contributed by atoms with van der Waals surface area (Å²) < 4.78 is 6.78. The van der Waals surface area contributed by atoms with Gasteiger partial charge in [0.1, 0.15) is 0 Å². The largest absolute Gasteiger partial charge is 0.340 e. The zero-order valence-corrected chi connectivity index (χ0v) is 17.0. The number of aromatic nitrogens is 1. The lowest BCUT2D eigenvalue weighted by Gasteiger charge is -2.42. The number of aryl methyl sites for hydroxylation is 1. The lowest BCUT2D eigenvalue weighted by atomic mass is 10.2. The topological polar surface area (TPSA) is 23.8 Å². The summed E-state index contributed by atoms with van der Waals surface area (Å²) in [6.07, 6.45) is -0.306. The summed E-state index contributed by atoms with van der Waals surface area (Å²) in [7, 11) is 2.13. The summed E-state index contributed by atoms with van der Waals surface area (Å²) in [5.41, 5.74) is 4.65. The average molecular weight is 382 g/mol. The molecular weight excluding hydrogens is 359 g/mol. The highest BCUT2D eigenvalue weighted by molar-refractivity contribution is 8.17. The lowest BCUT2D eigenvalue weighted by Crippen LogP contribution is -2.40. The molecule has 0 spiro atoms. The van der Waals surface area contributed by atoms with Crippen molar-refractivity contribution in [1.29, 1.82) is 0 Å². The molecule has 0 aliphatic carbocycles. The van der Waals surface area contributed by atoms with Crippen LogP contribution in [0, 0.1) is 0 Å². The maximum Gasteiger partial charge on any atom is 0.167 e. The Labute approximate surface area is 159 Å². The summed E-state index contributed by atoms with van der Waals surface area (Å²) in [5, 5.41) is 6.10. The van der Waals surface area contributed by atoms with E-state index < -0.39 is 6.34 Å². The van der Waals surface area contributed by atoms with Gasteiger partial charge in [-0.3, -0.25) is 4.67 Å². The summed E-state index contributed by atoms with van der Waals surface area (Å²) in [6, 6.07) is 18.8. The van der Waals surface area contributed by atoms with Crippen molar-refractivity contribution in [2.45, 2.75) is 13.8 Å². The first-order chi connectivity index (χ1) is 12.6. The Morgan fingerprint density at radius 3 is 2.35 bits per heavy atom. The number of nitrogens with zero attached hydrogens (tertiary/aromatic N) is 4. The highest BCUT2D eigenvalue weighted by Gasteiger charge is 2.40. The van der Waals surface area contributed by atoms with Crippen molar-refractivity contribution in [2.24, 2.45) is 12.1 Å². The summed E-state index contributed by atoms with van der Waals surface area (Å²) in [6.45, 7) is 6.16. The van der Waals surface area contributed by atoms with Gasteiger partial charge < -0.3 is 4.57 Å². The molecular formula is C20H23N4PS. The Morgan fingerprint density at radius 1 is 1.00 bits per heavy atom. The van der Waals surface area contributed by atoms with E-state index in [-0.39, 0.29) is 0 Å². The van der Waals surface area contributed by atoms with Gasteiger partial charge >= 0.3 is 0 Å². The van der Waals surface area contributed by atoms with Crippen LogP contribution in [0.1, 0.15) is 19.4 Å². The minimum Gasteiger partial charge on any atom is -0.340 e. The van der Waals surface area contributed by atoms with Gasteiger partial charge in [-0.2, -0.15) is 5.10 Å². The molecule has 3 aromatic rings. The molecule has 26 heavy (non-hydrogen) atoms. The third-order valence-electron chi connectivity index (χ3n) is 5.04. The van der Waals surface area contributed by atoms with Crippen molar-refractivity contribution >= 4 is 46.4 Å². The summed E-state index contributed by atoms with van der Waals surface area (Å²) >= 11 is 6.49. The SMILES string of the molecule is CCN(CC)P1(=S)c2c(c3ccccc3n2C)C=NN1c1ccccc1. The second-order valence-electron chi connectivity index (χ2n) is 6.37. The monoisotopic (exact) mass is 382 g/mol. The molecule has 0 bridgehead atoms. The van der Waals surface area contributed by atoms with Gasteiger partial charge in [-0.05, 0) is 30.0 Å². The number of benzene rings is 2. The molecule has 2 heterocycles. The Morgan fingerprint density at radius 2 is 1.65 bits per heavy atom. The van der Waals surface area contributed by atoms with Crippen LogP contribution in [0.2, 0.25) is 0 Å². The predicted octanol–water partition coefficient (Wildman–Crippen LogP) is 4.31. The number of hydrogen-bond acceptors (Lipinski definition) is 2. The number of rotatable bonds is 4. The van der Waals surface area contributed by atoms with Crippen molar-refractivity contribution in [3.63, 3.8) is 0 Å². The Bertz CT molecular complexity index is 1020. The number of para-hydroxylation sites is 2. The Balaban J connectivity index is 2.05. The van der Waals surface area contributed by atoms with Crippen molar-refractivity contribution in [3.8, 4) is 0 Å². The van der Waals surface area contributed by atoms with Gasteiger partial charge in [0.25, 0.3) is 0 Å². The number of hydrazone groups is 1. The van der Waals surface area contributed by atoms with Crippen LogP contribution in [-0.2, 0) is 18.9 Å². The quantitative estimate of drug-likeness (QED) is 0.629. The second kappa shape index (κ2) is 6.66. The zero-order valence-electron chi connectivity index (χ0n) is 15.3. The fraction of sp³-hybridized carbons (Fsp3) is 0.250. The van der Waals surface area contributed by atoms with E-state index in [1.165, 1.54) is 21.9 Å². The number of hydrogen-bond donors (Lipinski definition) is 0. The van der Waals surface area contributed by atoms with Gasteiger partial charge in [0.15, 0.2) is 6.34 Å². The van der Waals surface area contributed by atoms with E-state index in [4.69, 9.17) is 16.9 Å². The Hall–Kier alpha value is -1.94. The van der Waals surface area contributed by atoms with Crippen LogP contribution in [0.4, 0.5) is 5.69 Å². The van der Waals surface area contributed by atoms with E-state index in [1.807, 2.05) is 24.4 Å². The van der Waals surface area contributed by atoms with Crippen LogP contribution >= 0.6 is 6.34 Å². The Kier molecular flexibility index (Phi) is 4.47. The highest BCUT2D eigenvalue weighted by atomic mass is 32.4. The fourth-order valence-corrected chi connectivity index (χ4v) is 8.65. The number of anilines is 1. The van der Waals surface area contributed by atoms with Crippen molar-refractivity contribution in [2.75, 3.05) is 17.9 Å². The first-order valence-electron chi connectivity index (χ1n) is 8.96. The third-order valence-corrected chi connectivity index (χ3v) is 9.99. The summed E-state index contributed by atoms with van der Waals surface area (Å²) in [5.74, 6) is 0. The maximum absolute atomic E-state index is 6.49. The van der Waals surface area contributed by atoms with Crippen LogP contribution in [0.25, 0.3) is 10.9 Å². The maximum atomic E-state index is 6.49. The second-order valence-corrected chi connectivity index (χ2v) is 10.3. The van der Waals surface area contributed by atoms with Gasteiger partial charge in [0, 0.05) is 36.6 Å². The smallest absolute Gasteiger partial charge is 0.167 e. The van der Waals surface area contributed by atoms with Crippen LogP contribution in [-0.4, -0.2) is 28.5 Å². The van der Waals surface area contributed by atoms with E-state index in [0.717, 1.165) is 18.8 Å². The van der Waals surface area contributed by atoms with Crippen molar-refractivity contribution in [3.05, 3.63) is 60.2 Å². The molecule has 1 aliphatic rings. The molecule has 0 radical (unpaired) electrons. The molecule has 1 aliphatic heterocycles. The molecule has 1 aromatic heterocycles. The normalized spacial score (nSPS) is 19.3. The van der Waals surface area contributed by atoms with Crippen LogP contribution < -0.4 is 10.2 Å². The molecule has 0 amide bonds. The molecule has 6 heteroatoms. The number of fused-ring (bicyclic) bond motifs is 3. The molecule has 4 rings (SSSR count). The van der Waals surface area contributed by atoms with E-state index in [1.54, 1.807) is 0 Å². The zero-order chi connectivity index (χ0) is 18.3. The fourth-order valence-electron chi connectivity index (χ4n) is 3.81. The van der Waals surface area contributed by atoms with Crippen LogP contribution in [0.5, 0.6) is 0 Å². The van der Waals surface area contributed by atoms with Gasteiger partial charge in [-0.1, -0.05) is 50.2 Å². The van der Waals surface area contributed by atoms with Gasteiger partial charge in [0.05, 0.1) is 17.3 Å². The first kappa shape index (κ1) is 17.5. The van der Waals surface area contributed by atoms with E-state index >= 15 is 0 Å². The molecule has 0 N–H and O–H groups in total. The van der Waals surface area contributed by atoms with Gasteiger partial charge in [-0.25, -0.2) is 4.78 Å². The minimum absolute atomic E-state index is 0.896. The average Bonchev–Trinajstić information content (AvgIpc) is 2.97. The summed E-state index contributed by atoms with van der Waals surface area (Å²) in [4.78, 5) is 0. The van der Waals surface area contributed by atoms with Crippen LogP contribution in [0.15, 0.2) is 59.7 Å². The predicted molar refractivity (Wildman–Crippen MR) is 116 cm³/mol. The van der Waals surface area contributed by atoms with Crippen molar-refractivity contribution in [1.82, 2.24) is 9.24 Å². The van der Waals surface area contributed by atoms with Crippen molar-refractivity contribution < 1.29 is 0 Å². The van der Waals surface area contributed by atoms with E-state index in [0.29, 0.717) is 0 Å². The van der Waals surface area contributed by atoms with E-state index in [9.17, 15) is 0 Å². The molecule has 4 nitrogen and oxygen atoms in total. The third kappa shape index (κ3) is 2.38. The molecule has 0 saturated heterocycles. The first-order valence-corrected chi connectivity index (χ1v) is 11.7. The standard InChI is InChI=1S/C20H23N4PS/c1-4-23(5-2)25(26)20-18(17-13-9-10-14-19(17)22(20)3)15-21-24(25)16-11-7-6-8-12-16/h6-15H,4-5H2,1-3H3. The molecule has 0 fully saturated rings. The molecule has 1 unspecified atom stereocenters. The minimum atomic E-state index is -2.29. The molecule has 1 atom stereocenters. The van der Waals surface area contributed by atoms with Gasteiger partial charge in [0.2, 0.25) is 0 Å². The highest BCUT2D eigenvalue weighted by Crippen LogP contribution is 2.57. The van der Waals surface area contributed by atoms with E-state index in [2.05, 4.69) is 71.3 Å².